The smallest absolute Gasteiger partial charge is 0.244 e. The first-order valence-corrected chi connectivity index (χ1v) is 9.70. The van der Waals surface area contributed by atoms with Crippen LogP contribution in [-0.4, -0.2) is 64.6 Å². The number of carbonyl (C=O) groups is 2. The molecular formula is C19H21N3O3S. The highest BCUT2D eigenvalue weighted by atomic mass is 32.2. The van der Waals surface area contributed by atoms with E-state index in [9.17, 15) is 14.7 Å². The number of benzene rings is 1. The standard InChI is InChI=1S/C19H21N3O3S/c23-13(8-14-16(24)6-7-20-14)10-22-11-21-15-9-17(26-18(15)19(22)25)12-4-2-1-3-5-12/h1-5,9,11,14-16,18,20,24H,6-8,10H2/t14-,15?,16+,18?/m0/s1. The maximum Gasteiger partial charge on any atom is 0.244 e. The highest BCUT2D eigenvalue weighted by Crippen LogP contribution is 2.42. The number of aliphatic hydroxyl groups is 1. The molecule has 1 amide bonds. The fourth-order valence-corrected chi connectivity index (χ4v) is 4.82. The van der Waals surface area contributed by atoms with Crippen molar-refractivity contribution in [3.8, 4) is 0 Å². The number of aliphatic imine (C=N–C) groups is 1. The van der Waals surface area contributed by atoms with Crippen LogP contribution < -0.4 is 5.32 Å². The fourth-order valence-electron chi connectivity index (χ4n) is 3.53. The Balaban J connectivity index is 1.38. The molecule has 0 aromatic heterocycles. The minimum atomic E-state index is -0.489. The SMILES string of the molecule is O=C(C[C@@H]1NCC[C@H]1O)CN1C=NC2C=C(c3ccccc3)SC2C1=O. The Morgan fingerprint density at radius 3 is 2.88 bits per heavy atom. The summed E-state index contributed by atoms with van der Waals surface area (Å²) in [5.41, 5.74) is 1.08. The number of aliphatic hydroxyl groups excluding tert-OH is 1. The van der Waals surface area contributed by atoms with E-state index in [1.54, 1.807) is 0 Å². The third-order valence-corrected chi connectivity index (χ3v) is 6.31. The number of carbonyl (C=O) groups excluding carboxylic acids is 2. The Bertz CT molecular complexity index is 765. The fraction of sp³-hybridized carbons (Fsp3) is 0.421. The molecule has 2 unspecified atom stereocenters. The quantitative estimate of drug-likeness (QED) is 0.809. The molecule has 3 aliphatic rings. The third-order valence-electron chi connectivity index (χ3n) is 4.95. The van der Waals surface area contributed by atoms with E-state index in [0.29, 0.717) is 6.42 Å². The van der Waals surface area contributed by atoms with Crippen LogP contribution in [-0.2, 0) is 9.59 Å². The second-order valence-electron chi connectivity index (χ2n) is 6.82. The summed E-state index contributed by atoms with van der Waals surface area (Å²) in [6.45, 7) is 0.731. The van der Waals surface area contributed by atoms with Crippen molar-refractivity contribution in [3.05, 3.63) is 42.0 Å². The molecule has 26 heavy (non-hydrogen) atoms. The molecule has 136 valence electrons. The van der Waals surface area contributed by atoms with Crippen LogP contribution in [0.15, 0.2) is 41.4 Å². The number of amides is 1. The summed E-state index contributed by atoms with van der Waals surface area (Å²) in [5, 5.41) is 12.6. The van der Waals surface area contributed by atoms with Crippen LogP contribution >= 0.6 is 11.8 Å². The minimum Gasteiger partial charge on any atom is -0.391 e. The Morgan fingerprint density at radius 2 is 2.15 bits per heavy atom. The number of rotatable bonds is 5. The van der Waals surface area contributed by atoms with Gasteiger partial charge < -0.3 is 10.4 Å². The predicted octanol–water partition coefficient (Wildman–Crippen LogP) is 1.06. The van der Waals surface area contributed by atoms with Crippen LogP contribution in [0.3, 0.4) is 0 Å². The molecule has 6 nitrogen and oxygen atoms in total. The summed E-state index contributed by atoms with van der Waals surface area (Å²) >= 11 is 1.51. The van der Waals surface area contributed by atoms with Crippen molar-refractivity contribution in [2.45, 2.75) is 36.3 Å². The molecule has 1 saturated heterocycles. The Morgan fingerprint density at radius 1 is 1.35 bits per heavy atom. The zero-order valence-electron chi connectivity index (χ0n) is 14.2. The lowest BCUT2D eigenvalue weighted by molar-refractivity contribution is -0.131. The average Bonchev–Trinajstić information content (AvgIpc) is 3.25. The van der Waals surface area contributed by atoms with Gasteiger partial charge in [-0.15, -0.1) is 11.8 Å². The van der Waals surface area contributed by atoms with E-state index in [1.807, 2.05) is 36.4 Å². The first-order valence-electron chi connectivity index (χ1n) is 8.82. The maximum absolute atomic E-state index is 12.8. The van der Waals surface area contributed by atoms with Crippen LogP contribution in [0.25, 0.3) is 4.91 Å². The van der Waals surface area contributed by atoms with Crippen LogP contribution in [0.4, 0.5) is 0 Å². The van der Waals surface area contributed by atoms with Gasteiger partial charge in [-0.25, -0.2) is 0 Å². The molecule has 0 saturated carbocycles. The van der Waals surface area contributed by atoms with E-state index in [1.165, 1.54) is 23.0 Å². The molecule has 1 aromatic rings. The molecule has 0 radical (unpaired) electrons. The van der Waals surface area contributed by atoms with Crippen molar-refractivity contribution in [3.63, 3.8) is 0 Å². The van der Waals surface area contributed by atoms with Gasteiger partial charge in [-0.1, -0.05) is 30.3 Å². The van der Waals surface area contributed by atoms with Gasteiger partial charge in [-0.05, 0) is 24.6 Å². The normalized spacial score (nSPS) is 30.4. The summed E-state index contributed by atoms with van der Waals surface area (Å²) in [5.74, 6) is -0.147. The van der Waals surface area contributed by atoms with Crippen LogP contribution in [0, 0.1) is 0 Å². The van der Waals surface area contributed by atoms with Gasteiger partial charge in [0, 0.05) is 17.4 Å². The maximum atomic E-state index is 12.8. The van der Waals surface area contributed by atoms with E-state index in [2.05, 4.69) is 10.3 Å². The minimum absolute atomic E-state index is 0.0116. The molecule has 3 heterocycles. The summed E-state index contributed by atoms with van der Waals surface area (Å²) in [6.07, 6.45) is 3.92. The lowest BCUT2D eigenvalue weighted by Crippen LogP contribution is -2.47. The number of Topliss-reactive ketones (excluding diaryl/α,β-unsaturated/α-hetero) is 1. The summed E-state index contributed by atoms with van der Waals surface area (Å²) in [6, 6.07) is 9.56. The number of ketones is 1. The summed E-state index contributed by atoms with van der Waals surface area (Å²) in [4.78, 5) is 32.0. The van der Waals surface area contributed by atoms with E-state index < -0.39 is 6.10 Å². The molecule has 3 aliphatic heterocycles. The lowest BCUT2D eigenvalue weighted by Gasteiger charge is -2.27. The highest BCUT2D eigenvalue weighted by molar-refractivity contribution is 8.09. The predicted molar refractivity (Wildman–Crippen MR) is 102 cm³/mol. The monoisotopic (exact) mass is 371 g/mol. The van der Waals surface area contributed by atoms with E-state index in [4.69, 9.17) is 0 Å². The zero-order valence-corrected chi connectivity index (χ0v) is 15.1. The van der Waals surface area contributed by atoms with E-state index >= 15 is 0 Å². The second kappa shape index (κ2) is 7.34. The molecule has 0 bridgehead atoms. The van der Waals surface area contributed by atoms with Gasteiger partial charge in [0.2, 0.25) is 5.91 Å². The van der Waals surface area contributed by atoms with Gasteiger partial charge >= 0.3 is 0 Å². The molecule has 2 N–H and O–H groups in total. The van der Waals surface area contributed by atoms with E-state index in [-0.39, 0.29) is 42.0 Å². The molecule has 4 atom stereocenters. The summed E-state index contributed by atoms with van der Waals surface area (Å²) < 4.78 is 0. The first-order chi connectivity index (χ1) is 12.6. The number of nitrogens with zero attached hydrogens (tertiary/aromatic N) is 2. The van der Waals surface area contributed by atoms with Crippen LogP contribution in [0.2, 0.25) is 0 Å². The molecule has 0 aliphatic carbocycles. The molecule has 4 rings (SSSR count). The van der Waals surface area contributed by atoms with Gasteiger partial charge in [-0.2, -0.15) is 0 Å². The molecule has 1 aromatic carbocycles. The number of hydrogen-bond acceptors (Lipinski definition) is 6. The van der Waals surface area contributed by atoms with Crippen molar-refractivity contribution in [1.29, 1.82) is 0 Å². The molecule has 1 fully saturated rings. The largest absolute Gasteiger partial charge is 0.391 e. The van der Waals surface area contributed by atoms with Crippen molar-refractivity contribution < 1.29 is 14.7 Å². The molecule has 0 spiro atoms. The van der Waals surface area contributed by atoms with Crippen molar-refractivity contribution in [2.24, 2.45) is 4.99 Å². The second-order valence-corrected chi connectivity index (χ2v) is 8.00. The number of nitrogens with one attached hydrogen (secondary N) is 1. The molecule has 7 heteroatoms. The topological polar surface area (TPSA) is 82.0 Å². The summed E-state index contributed by atoms with van der Waals surface area (Å²) in [7, 11) is 0. The Hall–Kier alpha value is -1.96. The number of thioether (sulfide) groups is 1. The zero-order chi connectivity index (χ0) is 18.1. The Kier molecular flexibility index (Phi) is 4.93. The number of hydrogen-bond donors (Lipinski definition) is 2. The van der Waals surface area contributed by atoms with Gasteiger partial charge in [0.15, 0.2) is 5.78 Å². The van der Waals surface area contributed by atoms with Crippen molar-refractivity contribution >= 4 is 34.7 Å². The van der Waals surface area contributed by atoms with Gasteiger partial charge in [0.05, 0.1) is 25.0 Å². The lowest BCUT2D eigenvalue weighted by atomic mass is 10.1. The third kappa shape index (κ3) is 3.47. The first kappa shape index (κ1) is 17.5. The van der Waals surface area contributed by atoms with Crippen molar-refractivity contribution in [2.75, 3.05) is 13.1 Å². The van der Waals surface area contributed by atoms with Gasteiger partial charge in [0.1, 0.15) is 5.25 Å². The Labute approximate surface area is 156 Å². The van der Waals surface area contributed by atoms with Gasteiger partial charge in [0.25, 0.3) is 0 Å². The highest BCUT2D eigenvalue weighted by Gasteiger charge is 2.40. The van der Waals surface area contributed by atoms with Crippen LogP contribution in [0.1, 0.15) is 18.4 Å². The molecular weight excluding hydrogens is 350 g/mol. The average molecular weight is 371 g/mol. The van der Waals surface area contributed by atoms with E-state index in [0.717, 1.165) is 17.0 Å². The van der Waals surface area contributed by atoms with Crippen LogP contribution in [0.5, 0.6) is 0 Å². The van der Waals surface area contributed by atoms with Gasteiger partial charge in [-0.3, -0.25) is 19.5 Å². The van der Waals surface area contributed by atoms with Crippen molar-refractivity contribution in [1.82, 2.24) is 10.2 Å². The number of fused-ring (bicyclic) bond motifs is 1.